The number of methoxy groups -OCH3 is 1. The number of nitrogens with zero attached hydrogens (tertiary/aromatic N) is 5. The molecule has 0 saturated heterocycles. The van der Waals surface area contributed by atoms with Gasteiger partial charge in [0.1, 0.15) is 12.4 Å². The summed E-state index contributed by atoms with van der Waals surface area (Å²) in [4.78, 5) is 0. The van der Waals surface area contributed by atoms with Crippen LogP contribution in [0.2, 0.25) is 0 Å². The molecule has 2 heterocycles. The molecule has 8 nitrogen and oxygen atoms in total. The fourth-order valence-corrected chi connectivity index (χ4v) is 2.50. The standard InChI is InChI=1S/C18H21N5O3/c1-11-16(12(2)26-22-11)10-25-17-7-6-15(8-18(17)24-5)9-19-23-13(3)20-21-14(23)4/h6-9H,10H2,1-5H3/b19-9+. The van der Waals surface area contributed by atoms with E-state index in [0.29, 0.717) is 18.1 Å². The van der Waals surface area contributed by atoms with Crippen molar-refractivity contribution >= 4 is 6.21 Å². The lowest BCUT2D eigenvalue weighted by molar-refractivity contribution is 0.281. The van der Waals surface area contributed by atoms with Crippen molar-refractivity contribution in [2.45, 2.75) is 34.3 Å². The van der Waals surface area contributed by atoms with Crippen LogP contribution >= 0.6 is 0 Å². The van der Waals surface area contributed by atoms with Crippen LogP contribution in [0, 0.1) is 27.7 Å². The molecule has 0 bridgehead atoms. The van der Waals surface area contributed by atoms with E-state index in [1.54, 1.807) is 18.0 Å². The SMILES string of the molecule is COc1cc(/C=N/n2c(C)nnc2C)ccc1OCc1c(C)noc1C. The molecule has 0 aliphatic heterocycles. The van der Waals surface area contributed by atoms with Crippen molar-refractivity contribution in [1.29, 1.82) is 0 Å². The molecule has 0 fully saturated rings. The summed E-state index contributed by atoms with van der Waals surface area (Å²) in [6, 6.07) is 5.62. The molecule has 3 rings (SSSR count). The highest BCUT2D eigenvalue weighted by Crippen LogP contribution is 2.29. The third-order valence-corrected chi connectivity index (χ3v) is 4.02. The van der Waals surface area contributed by atoms with Crippen LogP contribution in [0.25, 0.3) is 0 Å². The number of rotatable bonds is 6. The Balaban J connectivity index is 1.77. The topological polar surface area (TPSA) is 87.6 Å². The summed E-state index contributed by atoms with van der Waals surface area (Å²) in [5, 5.41) is 16.3. The zero-order valence-electron chi connectivity index (χ0n) is 15.5. The number of hydrogen-bond acceptors (Lipinski definition) is 7. The summed E-state index contributed by atoms with van der Waals surface area (Å²) < 4.78 is 18.2. The maximum Gasteiger partial charge on any atom is 0.161 e. The number of aryl methyl sites for hydroxylation is 4. The molecule has 0 aliphatic rings. The maximum absolute atomic E-state index is 5.88. The lowest BCUT2D eigenvalue weighted by Crippen LogP contribution is -2.00. The van der Waals surface area contributed by atoms with E-state index in [1.165, 1.54) is 0 Å². The molecule has 0 radical (unpaired) electrons. The van der Waals surface area contributed by atoms with Gasteiger partial charge in [-0.05, 0) is 51.5 Å². The first kappa shape index (κ1) is 17.7. The summed E-state index contributed by atoms with van der Waals surface area (Å²) in [5.74, 6) is 3.47. The predicted molar refractivity (Wildman–Crippen MR) is 95.8 cm³/mol. The fourth-order valence-electron chi connectivity index (χ4n) is 2.50. The van der Waals surface area contributed by atoms with Crippen LogP contribution in [0.4, 0.5) is 0 Å². The van der Waals surface area contributed by atoms with Gasteiger partial charge in [-0.2, -0.15) is 5.10 Å². The summed E-state index contributed by atoms with van der Waals surface area (Å²) >= 11 is 0. The molecule has 0 aliphatic carbocycles. The summed E-state index contributed by atoms with van der Waals surface area (Å²) in [6.45, 7) is 7.82. The van der Waals surface area contributed by atoms with E-state index in [0.717, 1.165) is 34.2 Å². The number of benzene rings is 1. The highest BCUT2D eigenvalue weighted by molar-refractivity contribution is 5.80. The van der Waals surface area contributed by atoms with Gasteiger partial charge in [-0.15, -0.1) is 10.2 Å². The lowest BCUT2D eigenvalue weighted by atomic mass is 10.2. The Morgan fingerprint density at radius 1 is 1.12 bits per heavy atom. The van der Waals surface area contributed by atoms with E-state index in [1.807, 2.05) is 45.9 Å². The molecule has 26 heavy (non-hydrogen) atoms. The molecule has 0 atom stereocenters. The highest BCUT2D eigenvalue weighted by Gasteiger charge is 2.12. The van der Waals surface area contributed by atoms with Gasteiger partial charge in [0.05, 0.1) is 24.6 Å². The van der Waals surface area contributed by atoms with Crippen LogP contribution in [0.15, 0.2) is 27.8 Å². The Morgan fingerprint density at radius 3 is 2.46 bits per heavy atom. The molecule has 0 N–H and O–H groups in total. The second kappa shape index (κ2) is 7.38. The molecule has 8 heteroatoms. The van der Waals surface area contributed by atoms with Gasteiger partial charge >= 0.3 is 0 Å². The van der Waals surface area contributed by atoms with Crippen LogP contribution in [0.1, 0.15) is 34.2 Å². The summed E-state index contributed by atoms with van der Waals surface area (Å²) in [5.41, 5.74) is 2.64. The first-order chi connectivity index (χ1) is 12.5. The maximum atomic E-state index is 5.88. The molecule has 0 spiro atoms. The Hall–Kier alpha value is -3.16. The monoisotopic (exact) mass is 355 g/mol. The fraction of sp³-hybridized carbons (Fsp3) is 0.333. The molecule has 136 valence electrons. The molecule has 0 unspecified atom stereocenters. The first-order valence-corrected chi connectivity index (χ1v) is 8.15. The summed E-state index contributed by atoms with van der Waals surface area (Å²) in [6.07, 6.45) is 1.73. The molecule has 1 aromatic carbocycles. The van der Waals surface area contributed by atoms with Gasteiger partial charge in [-0.25, -0.2) is 4.68 Å². The van der Waals surface area contributed by atoms with E-state index in [-0.39, 0.29) is 0 Å². The van der Waals surface area contributed by atoms with Crippen LogP contribution in [0.5, 0.6) is 11.5 Å². The van der Waals surface area contributed by atoms with Gasteiger partial charge in [-0.3, -0.25) is 0 Å². The van der Waals surface area contributed by atoms with Crippen molar-refractivity contribution in [2.75, 3.05) is 7.11 Å². The minimum Gasteiger partial charge on any atom is -0.493 e. The van der Waals surface area contributed by atoms with Crippen molar-refractivity contribution in [3.63, 3.8) is 0 Å². The Bertz CT molecular complexity index is 903. The molecule has 0 amide bonds. The minimum absolute atomic E-state index is 0.365. The Morgan fingerprint density at radius 2 is 1.85 bits per heavy atom. The zero-order chi connectivity index (χ0) is 18.7. The number of hydrogen-bond donors (Lipinski definition) is 0. The van der Waals surface area contributed by atoms with E-state index >= 15 is 0 Å². The first-order valence-electron chi connectivity index (χ1n) is 8.15. The second-order valence-corrected chi connectivity index (χ2v) is 5.85. The van der Waals surface area contributed by atoms with Crippen molar-refractivity contribution in [3.05, 3.63) is 52.4 Å². The molecular formula is C18H21N5O3. The average molecular weight is 355 g/mol. The van der Waals surface area contributed by atoms with E-state index in [2.05, 4.69) is 20.5 Å². The van der Waals surface area contributed by atoms with Gasteiger partial charge in [0.25, 0.3) is 0 Å². The quantitative estimate of drug-likeness (QED) is 0.632. The van der Waals surface area contributed by atoms with Crippen molar-refractivity contribution in [1.82, 2.24) is 20.0 Å². The van der Waals surface area contributed by atoms with E-state index in [4.69, 9.17) is 14.0 Å². The minimum atomic E-state index is 0.365. The Labute approximate surface area is 151 Å². The van der Waals surface area contributed by atoms with Crippen LogP contribution in [0.3, 0.4) is 0 Å². The van der Waals surface area contributed by atoms with Gasteiger partial charge in [0.2, 0.25) is 0 Å². The van der Waals surface area contributed by atoms with Gasteiger partial charge in [0.15, 0.2) is 23.1 Å². The van der Waals surface area contributed by atoms with Crippen LogP contribution < -0.4 is 9.47 Å². The van der Waals surface area contributed by atoms with Crippen molar-refractivity contribution in [2.24, 2.45) is 5.10 Å². The third-order valence-electron chi connectivity index (χ3n) is 4.02. The van der Waals surface area contributed by atoms with Gasteiger partial charge in [-0.1, -0.05) is 5.16 Å². The van der Waals surface area contributed by atoms with Gasteiger partial charge in [0, 0.05) is 0 Å². The average Bonchev–Trinajstić information content (AvgIpc) is 3.13. The van der Waals surface area contributed by atoms with Crippen LogP contribution in [-0.2, 0) is 6.61 Å². The second-order valence-electron chi connectivity index (χ2n) is 5.85. The molecule has 2 aromatic heterocycles. The highest BCUT2D eigenvalue weighted by atomic mass is 16.5. The Kier molecular flexibility index (Phi) is 5.01. The largest absolute Gasteiger partial charge is 0.493 e. The zero-order valence-corrected chi connectivity index (χ0v) is 15.5. The van der Waals surface area contributed by atoms with Crippen molar-refractivity contribution in [3.8, 4) is 11.5 Å². The predicted octanol–water partition coefficient (Wildman–Crippen LogP) is 2.97. The van der Waals surface area contributed by atoms with Crippen LogP contribution in [-0.4, -0.2) is 33.4 Å². The van der Waals surface area contributed by atoms with Gasteiger partial charge < -0.3 is 14.0 Å². The molecular weight excluding hydrogens is 334 g/mol. The normalized spacial score (nSPS) is 11.3. The number of ether oxygens (including phenoxy) is 2. The molecule has 3 aromatic rings. The van der Waals surface area contributed by atoms with Crippen molar-refractivity contribution < 1.29 is 14.0 Å². The lowest BCUT2D eigenvalue weighted by Gasteiger charge is -2.11. The van der Waals surface area contributed by atoms with E-state index < -0.39 is 0 Å². The summed E-state index contributed by atoms with van der Waals surface area (Å²) in [7, 11) is 1.60. The molecule has 0 saturated carbocycles. The number of aromatic nitrogens is 4. The third kappa shape index (κ3) is 3.58. The smallest absolute Gasteiger partial charge is 0.161 e. The van der Waals surface area contributed by atoms with E-state index in [9.17, 15) is 0 Å².